The highest BCUT2D eigenvalue weighted by Gasteiger charge is 2.37. The van der Waals surface area contributed by atoms with Gasteiger partial charge in [0.15, 0.2) is 0 Å². The van der Waals surface area contributed by atoms with Gasteiger partial charge in [0.1, 0.15) is 0 Å². The molecule has 0 unspecified atom stereocenters. The summed E-state index contributed by atoms with van der Waals surface area (Å²) in [6.07, 6.45) is -9.50. The van der Waals surface area contributed by atoms with Crippen LogP contribution in [0.4, 0.5) is 26.3 Å². The first-order valence-electron chi connectivity index (χ1n) is 16.7. The van der Waals surface area contributed by atoms with Crippen LogP contribution in [0.15, 0.2) is 158 Å². The summed E-state index contributed by atoms with van der Waals surface area (Å²) in [5.41, 5.74) is 6.53. The fourth-order valence-corrected chi connectivity index (χ4v) is 6.90. The first-order chi connectivity index (χ1) is 24.9. The SMILES string of the molecule is Cc1ccccc1-c1ccc(C)c(-c2cc(-c3ccccc3)c(-c3cc(-c4ccccc4C(F)(F)F)ccc3C(F)(F)F)cc2-c2ccccc2)c1. The molecule has 0 radical (unpaired) electrons. The highest BCUT2D eigenvalue weighted by molar-refractivity contribution is 5.97. The van der Waals surface area contributed by atoms with Gasteiger partial charge in [0, 0.05) is 0 Å². The predicted octanol–water partition coefficient (Wildman–Crippen LogP) is 14.3. The maximum atomic E-state index is 14.9. The quantitative estimate of drug-likeness (QED) is 0.152. The van der Waals surface area contributed by atoms with Gasteiger partial charge in [-0.2, -0.15) is 26.3 Å². The lowest BCUT2D eigenvalue weighted by Gasteiger charge is -2.23. The van der Waals surface area contributed by atoms with Crippen LogP contribution >= 0.6 is 0 Å². The lowest BCUT2D eigenvalue weighted by molar-refractivity contribution is -0.138. The van der Waals surface area contributed by atoms with Crippen molar-refractivity contribution >= 4 is 0 Å². The molecule has 0 amide bonds. The molecule has 0 saturated heterocycles. The van der Waals surface area contributed by atoms with E-state index in [9.17, 15) is 26.3 Å². The first kappa shape index (κ1) is 34.6. The monoisotopic (exact) mass is 698 g/mol. The van der Waals surface area contributed by atoms with Gasteiger partial charge < -0.3 is 0 Å². The van der Waals surface area contributed by atoms with Gasteiger partial charge in [-0.1, -0.05) is 121 Å². The minimum atomic E-state index is -4.80. The van der Waals surface area contributed by atoms with Crippen LogP contribution in [-0.2, 0) is 12.4 Å². The smallest absolute Gasteiger partial charge is 0.166 e. The third-order valence-corrected chi connectivity index (χ3v) is 9.47. The standard InChI is InChI=1S/C46H32F6/c1-29-13-9-10-18-35(29)33-22-21-30(2)37(25-33)40-27-39(32-16-7-4-8-17-32)41(28-38(40)31-14-5-3-6-15-31)42-26-34(23-24-44(42)46(50,51)52)36-19-11-12-20-43(36)45(47,48)49/h3-28H,1-2H3. The molecule has 0 aliphatic carbocycles. The van der Waals surface area contributed by atoms with Crippen molar-refractivity contribution in [3.05, 3.63) is 180 Å². The Labute approximate surface area is 298 Å². The summed E-state index contributed by atoms with van der Waals surface area (Å²) in [7, 11) is 0. The van der Waals surface area contributed by atoms with E-state index in [1.54, 1.807) is 6.07 Å². The number of rotatable bonds is 6. The van der Waals surface area contributed by atoms with Gasteiger partial charge in [-0.15, -0.1) is 0 Å². The lowest BCUT2D eigenvalue weighted by Crippen LogP contribution is -2.09. The number of aryl methyl sites for hydroxylation is 2. The van der Waals surface area contributed by atoms with E-state index >= 15 is 0 Å². The van der Waals surface area contributed by atoms with E-state index in [4.69, 9.17) is 0 Å². The van der Waals surface area contributed by atoms with Crippen molar-refractivity contribution in [1.82, 2.24) is 0 Å². The Morgan fingerprint density at radius 2 is 0.712 bits per heavy atom. The number of halogens is 6. The second-order valence-electron chi connectivity index (χ2n) is 12.8. The number of hydrogen-bond acceptors (Lipinski definition) is 0. The summed E-state index contributed by atoms with van der Waals surface area (Å²) >= 11 is 0. The van der Waals surface area contributed by atoms with Gasteiger partial charge in [-0.05, 0) is 128 Å². The normalized spacial score (nSPS) is 11.8. The molecule has 0 fully saturated rings. The second-order valence-corrected chi connectivity index (χ2v) is 12.8. The van der Waals surface area contributed by atoms with Crippen molar-refractivity contribution in [1.29, 1.82) is 0 Å². The van der Waals surface area contributed by atoms with Crippen LogP contribution in [0.25, 0.3) is 66.8 Å². The van der Waals surface area contributed by atoms with Gasteiger partial charge in [0.2, 0.25) is 0 Å². The molecule has 7 rings (SSSR count). The zero-order valence-electron chi connectivity index (χ0n) is 28.3. The Morgan fingerprint density at radius 3 is 1.29 bits per heavy atom. The van der Waals surface area contributed by atoms with Crippen molar-refractivity contribution in [3.63, 3.8) is 0 Å². The molecule has 0 aliphatic heterocycles. The first-order valence-corrected chi connectivity index (χ1v) is 16.7. The lowest BCUT2D eigenvalue weighted by atomic mass is 9.82. The molecular weight excluding hydrogens is 666 g/mol. The van der Waals surface area contributed by atoms with Crippen molar-refractivity contribution in [2.45, 2.75) is 26.2 Å². The Bertz CT molecular complexity index is 2390. The predicted molar refractivity (Wildman–Crippen MR) is 199 cm³/mol. The highest BCUT2D eigenvalue weighted by Crippen LogP contribution is 2.48. The molecular formula is C46H32F6. The second kappa shape index (κ2) is 13.7. The van der Waals surface area contributed by atoms with Gasteiger partial charge >= 0.3 is 12.4 Å². The molecule has 0 atom stereocenters. The molecule has 52 heavy (non-hydrogen) atoms. The summed E-state index contributed by atoms with van der Waals surface area (Å²) in [6.45, 7) is 4.05. The molecule has 0 spiro atoms. The van der Waals surface area contributed by atoms with Crippen LogP contribution in [0, 0.1) is 13.8 Å². The van der Waals surface area contributed by atoms with Crippen LogP contribution < -0.4 is 0 Å². The van der Waals surface area contributed by atoms with E-state index in [-0.39, 0.29) is 22.3 Å². The molecule has 0 bridgehead atoms. The minimum Gasteiger partial charge on any atom is -0.166 e. The summed E-state index contributed by atoms with van der Waals surface area (Å²) in [4.78, 5) is 0. The maximum Gasteiger partial charge on any atom is 0.417 e. The summed E-state index contributed by atoms with van der Waals surface area (Å²) < 4.78 is 87.4. The Hall–Kier alpha value is -5.88. The fraction of sp³-hybridized carbons (Fsp3) is 0.0870. The fourth-order valence-electron chi connectivity index (χ4n) is 6.90. The van der Waals surface area contributed by atoms with Gasteiger partial charge in [-0.3, -0.25) is 0 Å². The molecule has 0 saturated carbocycles. The number of hydrogen-bond donors (Lipinski definition) is 0. The Morgan fingerprint density at radius 1 is 0.288 bits per heavy atom. The van der Waals surface area contributed by atoms with Gasteiger partial charge in [0.25, 0.3) is 0 Å². The number of benzene rings is 7. The molecule has 0 heterocycles. The summed E-state index contributed by atoms with van der Waals surface area (Å²) in [5, 5.41) is 0. The zero-order chi connectivity index (χ0) is 36.6. The average molecular weight is 699 g/mol. The Balaban J connectivity index is 1.58. The molecule has 0 aliphatic rings. The van der Waals surface area contributed by atoms with Crippen molar-refractivity contribution in [2.75, 3.05) is 0 Å². The largest absolute Gasteiger partial charge is 0.417 e. The van der Waals surface area contributed by atoms with Crippen molar-refractivity contribution in [3.8, 4) is 66.8 Å². The van der Waals surface area contributed by atoms with Crippen LogP contribution in [-0.4, -0.2) is 0 Å². The molecule has 0 N–H and O–H groups in total. The van der Waals surface area contributed by atoms with Crippen molar-refractivity contribution in [2.24, 2.45) is 0 Å². The van der Waals surface area contributed by atoms with Crippen LogP contribution in [0.1, 0.15) is 22.3 Å². The van der Waals surface area contributed by atoms with E-state index in [1.807, 2.05) is 105 Å². The Kier molecular flexibility index (Phi) is 9.09. The van der Waals surface area contributed by atoms with E-state index in [2.05, 4.69) is 18.2 Å². The zero-order valence-corrected chi connectivity index (χ0v) is 28.3. The van der Waals surface area contributed by atoms with Crippen LogP contribution in [0.2, 0.25) is 0 Å². The summed E-state index contributed by atoms with van der Waals surface area (Å²) in [5.74, 6) is 0. The van der Waals surface area contributed by atoms with Crippen LogP contribution in [0.5, 0.6) is 0 Å². The summed E-state index contributed by atoms with van der Waals surface area (Å²) in [6, 6.07) is 44.7. The highest BCUT2D eigenvalue weighted by atomic mass is 19.4. The van der Waals surface area contributed by atoms with Crippen LogP contribution in [0.3, 0.4) is 0 Å². The molecule has 7 aromatic carbocycles. The molecule has 0 aromatic heterocycles. The third-order valence-electron chi connectivity index (χ3n) is 9.47. The average Bonchev–Trinajstić information content (AvgIpc) is 3.14. The van der Waals surface area contributed by atoms with E-state index in [1.165, 1.54) is 24.3 Å². The molecule has 0 nitrogen and oxygen atoms in total. The molecule has 258 valence electrons. The van der Waals surface area contributed by atoms with Crippen molar-refractivity contribution < 1.29 is 26.3 Å². The van der Waals surface area contributed by atoms with Gasteiger partial charge in [-0.25, -0.2) is 0 Å². The molecule has 6 heteroatoms. The topological polar surface area (TPSA) is 0 Å². The van der Waals surface area contributed by atoms with E-state index in [0.717, 1.165) is 57.1 Å². The third kappa shape index (κ3) is 6.76. The number of alkyl halides is 6. The molecule has 7 aromatic rings. The maximum absolute atomic E-state index is 14.9. The van der Waals surface area contributed by atoms with E-state index in [0.29, 0.717) is 16.7 Å². The van der Waals surface area contributed by atoms with E-state index < -0.39 is 23.5 Å². The van der Waals surface area contributed by atoms with Gasteiger partial charge in [0.05, 0.1) is 11.1 Å². The minimum absolute atomic E-state index is 0.0297.